The summed E-state index contributed by atoms with van der Waals surface area (Å²) in [5.41, 5.74) is 0. The van der Waals surface area contributed by atoms with Gasteiger partial charge in [-0.05, 0) is 18.9 Å². The van der Waals surface area contributed by atoms with E-state index < -0.39 is 0 Å². The molecule has 0 bridgehead atoms. The van der Waals surface area contributed by atoms with Gasteiger partial charge in [0.15, 0.2) is 0 Å². The molecule has 0 radical (unpaired) electrons. The zero-order valence-corrected chi connectivity index (χ0v) is 14.9. The van der Waals surface area contributed by atoms with E-state index in [0.29, 0.717) is 6.54 Å². The number of nitrogens with zero attached hydrogens (tertiary/aromatic N) is 6. The van der Waals surface area contributed by atoms with Gasteiger partial charge in [0.2, 0.25) is 11.9 Å². The lowest BCUT2D eigenvalue weighted by Crippen LogP contribution is -2.50. The molecule has 7 nitrogen and oxygen atoms in total. The molecule has 1 atom stereocenters. The lowest BCUT2D eigenvalue weighted by Gasteiger charge is -2.35. The third-order valence-corrected chi connectivity index (χ3v) is 5.75. The SMILES string of the molecule is O=C(CN1CCN(c2ncccn2)CC1)N1CCCC1c1nccs1. The molecule has 0 aromatic carbocycles. The summed E-state index contributed by atoms with van der Waals surface area (Å²) in [6.45, 7) is 4.77. The maximum Gasteiger partial charge on any atom is 0.237 e. The fraction of sp³-hybridized carbons (Fsp3) is 0.529. The highest BCUT2D eigenvalue weighted by Gasteiger charge is 2.32. The highest BCUT2D eigenvalue weighted by molar-refractivity contribution is 7.09. The first-order chi connectivity index (χ1) is 12.3. The molecular weight excluding hydrogens is 336 g/mol. The maximum absolute atomic E-state index is 12.8. The second kappa shape index (κ2) is 7.45. The van der Waals surface area contributed by atoms with E-state index in [2.05, 4.69) is 24.8 Å². The quantitative estimate of drug-likeness (QED) is 0.824. The first kappa shape index (κ1) is 16.4. The molecule has 0 spiro atoms. The van der Waals surface area contributed by atoms with Crippen molar-refractivity contribution in [2.24, 2.45) is 0 Å². The van der Waals surface area contributed by atoms with Crippen LogP contribution in [0.25, 0.3) is 0 Å². The van der Waals surface area contributed by atoms with Crippen LogP contribution in [-0.2, 0) is 4.79 Å². The Labute approximate surface area is 151 Å². The number of carbonyl (C=O) groups is 1. The van der Waals surface area contributed by atoms with Crippen LogP contribution in [0, 0.1) is 0 Å². The maximum atomic E-state index is 12.8. The highest BCUT2D eigenvalue weighted by atomic mass is 32.1. The van der Waals surface area contributed by atoms with Crippen molar-refractivity contribution in [1.82, 2.24) is 24.8 Å². The summed E-state index contributed by atoms with van der Waals surface area (Å²) < 4.78 is 0. The molecule has 2 aromatic heterocycles. The van der Waals surface area contributed by atoms with Crippen LogP contribution in [0.15, 0.2) is 30.0 Å². The average Bonchev–Trinajstić information content (AvgIpc) is 3.34. The van der Waals surface area contributed by atoms with Crippen molar-refractivity contribution in [2.45, 2.75) is 18.9 Å². The standard InChI is InChI=1S/C17H22N6OS/c24-15(23-7-1-3-14(23)16-18-6-12-25-16)13-21-8-10-22(11-9-21)17-19-4-2-5-20-17/h2,4-6,12,14H,1,3,7-11,13H2. The molecule has 2 aliphatic rings. The Bertz CT molecular complexity index is 686. The van der Waals surface area contributed by atoms with E-state index in [1.165, 1.54) is 0 Å². The number of anilines is 1. The molecule has 4 rings (SSSR count). The molecule has 4 heterocycles. The number of amides is 1. The van der Waals surface area contributed by atoms with Gasteiger partial charge in [-0.1, -0.05) is 0 Å². The van der Waals surface area contributed by atoms with E-state index in [9.17, 15) is 4.79 Å². The molecule has 8 heteroatoms. The van der Waals surface area contributed by atoms with Crippen molar-refractivity contribution in [1.29, 1.82) is 0 Å². The fourth-order valence-electron chi connectivity index (χ4n) is 3.56. The summed E-state index contributed by atoms with van der Waals surface area (Å²) in [7, 11) is 0. The van der Waals surface area contributed by atoms with Crippen LogP contribution in [-0.4, -0.2) is 69.9 Å². The largest absolute Gasteiger partial charge is 0.338 e. The number of piperazine rings is 1. The zero-order chi connectivity index (χ0) is 17.1. The van der Waals surface area contributed by atoms with Crippen LogP contribution >= 0.6 is 11.3 Å². The minimum Gasteiger partial charge on any atom is -0.338 e. The molecule has 1 unspecified atom stereocenters. The van der Waals surface area contributed by atoms with Crippen molar-refractivity contribution in [2.75, 3.05) is 44.2 Å². The van der Waals surface area contributed by atoms with Crippen molar-refractivity contribution in [3.05, 3.63) is 35.0 Å². The molecule has 2 aliphatic heterocycles. The predicted molar refractivity (Wildman–Crippen MR) is 96.5 cm³/mol. The number of carbonyl (C=O) groups excluding carboxylic acids is 1. The van der Waals surface area contributed by atoms with Crippen molar-refractivity contribution in [3.63, 3.8) is 0 Å². The second-order valence-electron chi connectivity index (χ2n) is 6.43. The molecule has 25 heavy (non-hydrogen) atoms. The molecule has 132 valence electrons. The monoisotopic (exact) mass is 358 g/mol. The van der Waals surface area contributed by atoms with E-state index in [-0.39, 0.29) is 11.9 Å². The van der Waals surface area contributed by atoms with Crippen molar-refractivity contribution >= 4 is 23.2 Å². The molecular formula is C17H22N6OS. The summed E-state index contributed by atoms with van der Waals surface area (Å²) in [6.07, 6.45) is 7.45. The summed E-state index contributed by atoms with van der Waals surface area (Å²) in [5.74, 6) is 0.999. The first-order valence-electron chi connectivity index (χ1n) is 8.74. The average molecular weight is 358 g/mol. The normalized spacial score (nSPS) is 21.7. The van der Waals surface area contributed by atoms with Gasteiger partial charge < -0.3 is 9.80 Å². The van der Waals surface area contributed by atoms with Gasteiger partial charge in [0.05, 0.1) is 12.6 Å². The van der Waals surface area contributed by atoms with Gasteiger partial charge in [0.1, 0.15) is 5.01 Å². The Kier molecular flexibility index (Phi) is 4.89. The lowest BCUT2D eigenvalue weighted by molar-refractivity contribution is -0.133. The summed E-state index contributed by atoms with van der Waals surface area (Å²) in [6, 6.07) is 2.00. The van der Waals surface area contributed by atoms with Crippen LogP contribution in [0.2, 0.25) is 0 Å². The fourth-order valence-corrected chi connectivity index (χ4v) is 4.35. The zero-order valence-electron chi connectivity index (χ0n) is 14.1. The molecule has 0 N–H and O–H groups in total. The lowest BCUT2D eigenvalue weighted by atomic mass is 10.2. The summed E-state index contributed by atoms with van der Waals surface area (Å²) in [4.78, 5) is 32.2. The molecule has 0 aliphatic carbocycles. The molecule has 0 saturated carbocycles. The number of rotatable bonds is 4. The van der Waals surface area contributed by atoms with E-state index in [0.717, 1.165) is 56.5 Å². The Morgan fingerprint density at radius 2 is 1.88 bits per heavy atom. The van der Waals surface area contributed by atoms with Gasteiger partial charge in [-0.2, -0.15) is 0 Å². The Balaban J connectivity index is 1.32. The molecule has 2 saturated heterocycles. The predicted octanol–water partition coefficient (Wildman–Crippen LogP) is 1.42. The minimum atomic E-state index is 0.173. The van der Waals surface area contributed by atoms with E-state index >= 15 is 0 Å². The van der Waals surface area contributed by atoms with Gasteiger partial charge in [-0.25, -0.2) is 15.0 Å². The summed E-state index contributed by atoms with van der Waals surface area (Å²) >= 11 is 1.65. The van der Waals surface area contributed by atoms with Crippen LogP contribution in [0.5, 0.6) is 0 Å². The summed E-state index contributed by atoms with van der Waals surface area (Å²) in [5, 5.41) is 3.05. The van der Waals surface area contributed by atoms with Crippen LogP contribution in [0.1, 0.15) is 23.9 Å². The second-order valence-corrected chi connectivity index (χ2v) is 7.35. The Hall–Kier alpha value is -2.06. The van der Waals surface area contributed by atoms with Crippen LogP contribution < -0.4 is 4.90 Å². The Morgan fingerprint density at radius 1 is 1.08 bits per heavy atom. The topological polar surface area (TPSA) is 65.5 Å². The third kappa shape index (κ3) is 3.64. The minimum absolute atomic E-state index is 0.173. The molecule has 2 aromatic rings. The Morgan fingerprint density at radius 3 is 2.60 bits per heavy atom. The number of hydrogen-bond donors (Lipinski definition) is 0. The number of hydrogen-bond acceptors (Lipinski definition) is 7. The number of likely N-dealkylation sites (tertiary alicyclic amines) is 1. The van der Waals surface area contributed by atoms with Gasteiger partial charge >= 0.3 is 0 Å². The van der Waals surface area contributed by atoms with Gasteiger partial charge in [-0.3, -0.25) is 9.69 Å². The van der Waals surface area contributed by atoms with E-state index in [1.54, 1.807) is 23.7 Å². The van der Waals surface area contributed by atoms with Crippen molar-refractivity contribution in [3.8, 4) is 0 Å². The van der Waals surface area contributed by atoms with Crippen LogP contribution in [0.4, 0.5) is 5.95 Å². The van der Waals surface area contributed by atoms with E-state index in [1.807, 2.05) is 22.5 Å². The number of aromatic nitrogens is 3. The smallest absolute Gasteiger partial charge is 0.237 e. The first-order valence-corrected chi connectivity index (χ1v) is 9.62. The van der Waals surface area contributed by atoms with Crippen LogP contribution in [0.3, 0.4) is 0 Å². The third-order valence-electron chi connectivity index (χ3n) is 4.88. The van der Waals surface area contributed by atoms with Gasteiger partial charge in [-0.15, -0.1) is 11.3 Å². The highest BCUT2D eigenvalue weighted by Crippen LogP contribution is 2.33. The van der Waals surface area contributed by atoms with Crippen molar-refractivity contribution < 1.29 is 4.79 Å². The molecule has 2 fully saturated rings. The molecule has 1 amide bonds. The van der Waals surface area contributed by atoms with Gasteiger partial charge in [0, 0.05) is 56.7 Å². The number of thiazole rings is 1. The van der Waals surface area contributed by atoms with E-state index in [4.69, 9.17) is 0 Å². The van der Waals surface area contributed by atoms with Gasteiger partial charge in [0.25, 0.3) is 0 Å².